The molecular weight excluding hydrogens is 367 g/mol. The van der Waals surface area contributed by atoms with E-state index in [2.05, 4.69) is 77.8 Å². The Labute approximate surface area is 148 Å². The van der Waals surface area contributed by atoms with Crippen LogP contribution in [0.4, 0.5) is 0 Å². The first-order valence-corrected chi connectivity index (χ1v) is 7.40. The normalized spacial score (nSPS) is 11.0. The van der Waals surface area contributed by atoms with Crippen LogP contribution in [0.5, 0.6) is 0 Å². The summed E-state index contributed by atoms with van der Waals surface area (Å²) in [6.45, 7) is 0. The Morgan fingerprint density at radius 1 is 0.696 bits per heavy atom. The van der Waals surface area contributed by atoms with E-state index < -0.39 is 0 Å². The summed E-state index contributed by atoms with van der Waals surface area (Å²) < 4.78 is 0. The van der Waals surface area contributed by atoms with Gasteiger partial charge in [-0.25, -0.2) is 0 Å². The van der Waals surface area contributed by atoms with Crippen LogP contribution in [0.2, 0.25) is 0 Å². The second kappa shape index (κ2) is 6.85. The molecule has 0 unspecified atom stereocenters. The largest absolute Gasteiger partial charge is 0.264 e. The van der Waals surface area contributed by atoms with E-state index in [0.29, 0.717) is 0 Å². The van der Waals surface area contributed by atoms with Gasteiger partial charge in [0.2, 0.25) is 0 Å². The maximum absolute atomic E-state index is 4.16. The average molecular weight is 382 g/mol. The Hall–Kier alpha value is -2.31. The van der Waals surface area contributed by atoms with Crippen molar-refractivity contribution < 1.29 is 19.5 Å². The molecule has 0 aliphatic rings. The standard InChI is InChI=1S/C21H15N.Ru/c1-2-8-19-17(7-1)14-18(20-9-3-4-10-21(19)20)12-11-16-6-5-13-22-15-16;/h1-15H;. The first kappa shape index (κ1) is 15.6. The number of rotatable bonds is 2. The zero-order chi connectivity index (χ0) is 14.8. The zero-order valence-corrected chi connectivity index (χ0v) is 14.2. The van der Waals surface area contributed by atoms with Crippen LogP contribution in [0, 0.1) is 0 Å². The van der Waals surface area contributed by atoms with Crippen LogP contribution in [0.25, 0.3) is 33.7 Å². The van der Waals surface area contributed by atoms with Gasteiger partial charge in [-0.3, -0.25) is 4.98 Å². The fourth-order valence-electron chi connectivity index (χ4n) is 2.88. The molecule has 1 heterocycles. The third-order valence-electron chi connectivity index (χ3n) is 3.94. The van der Waals surface area contributed by atoms with Crippen molar-refractivity contribution in [3.63, 3.8) is 0 Å². The van der Waals surface area contributed by atoms with Gasteiger partial charge in [0.25, 0.3) is 0 Å². The van der Waals surface area contributed by atoms with Gasteiger partial charge in [-0.2, -0.15) is 0 Å². The predicted molar refractivity (Wildman–Crippen MR) is 94.6 cm³/mol. The van der Waals surface area contributed by atoms with Crippen LogP contribution >= 0.6 is 0 Å². The molecule has 0 spiro atoms. The third kappa shape index (κ3) is 3.09. The van der Waals surface area contributed by atoms with Gasteiger partial charge in [-0.1, -0.05) is 66.7 Å². The Morgan fingerprint density at radius 3 is 2.22 bits per heavy atom. The molecule has 3 aromatic carbocycles. The van der Waals surface area contributed by atoms with Crippen LogP contribution in [-0.4, -0.2) is 4.98 Å². The van der Waals surface area contributed by atoms with Gasteiger partial charge in [-0.05, 0) is 44.8 Å². The molecule has 0 saturated carbocycles. The van der Waals surface area contributed by atoms with Crippen LogP contribution in [0.3, 0.4) is 0 Å². The van der Waals surface area contributed by atoms with Crippen LogP contribution in [0.1, 0.15) is 11.1 Å². The van der Waals surface area contributed by atoms with Crippen molar-refractivity contribution in [2.45, 2.75) is 0 Å². The van der Waals surface area contributed by atoms with E-state index in [9.17, 15) is 0 Å². The van der Waals surface area contributed by atoms with Crippen LogP contribution in [0.15, 0.2) is 79.1 Å². The van der Waals surface area contributed by atoms with E-state index in [-0.39, 0.29) is 19.5 Å². The summed E-state index contributed by atoms with van der Waals surface area (Å²) in [4.78, 5) is 4.16. The molecule has 0 saturated heterocycles. The minimum Gasteiger partial charge on any atom is -0.264 e. The molecule has 4 aromatic rings. The summed E-state index contributed by atoms with van der Waals surface area (Å²) in [5.41, 5.74) is 2.35. The number of benzene rings is 3. The first-order valence-electron chi connectivity index (χ1n) is 7.40. The first-order chi connectivity index (χ1) is 10.9. The molecular formula is C21H15NRu. The summed E-state index contributed by atoms with van der Waals surface area (Å²) in [7, 11) is 0. The maximum atomic E-state index is 4.16. The molecule has 0 atom stereocenters. The summed E-state index contributed by atoms with van der Waals surface area (Å²) in [6.07, 6.45) is 7.96. The number of aromatic nitrogens is 1. The van der Waals surface area contributed by atoms with Crippen molar-refractivity contribution >= 4 is 33.7 Å². The van der Waals surface area contributed by atoms with Crippen molar-refractivity contribution in [1.82, 2.24) is 4.98 Å². The molecule has 0 aliphatic carbocycles. The van der Waals surface area contributed by atoms with E-state index in [1.807, 2.05) is 12.3 Å². The van der Waals surface area contributed by atoms with Crippen molar-refractivity contribution in [3.05, 3.63) is 90.3 Å². The Morgan fingerprint density at radius 2 is 1.43 bits per heavy atom. The second-order valence-electron chi connectivity index (χ2n) is 5.35. The molecule has 1 aromatic heterocycles. The molecule has 2 heteroatoms. The number of nitrogens with zero attached hydrogens (tertiary/aromatic N) is 1. The summed E-state index contributed by atoms with van der Waals surface area (Å²) in [5.74, 6) is 0. The quantitative estimate of drug-likeness (QED) is 0.327. The Balaban J connectivity index is 0.00000156. The van der Waals surface area contributed by atoms with Crippen LogP contribution < -0.4 is 0 Å². The molecule has 0 radical (unpaired) electrons. The molecule has 112 valence electrons. The molecule has 0 fully saturated rings. The van der Waals surface area contributed by atoms with Gasteiger partial charge >= 0.3 is 0 Å². The van der Waals surface area contributed by atoms with Gasteiger partial charge < -0.3 is 0 Å². The fraction of sp³-hybridized carbons (Fsp3) is 0. The molecule has 1 nitrogen and oxygen atoms in total. The van der Waals surface area contributed by atoms with Gasteiger partial charge in [-0.15, -0.1) is 0 Å². The summed E-state index contributed by atoms with van der Waals surface area (Å²) >= 11 is 0. The number of fused-ring (bicyclic) bond motifs is 3. The van der Waals surface area contributed by atoms with Crippen LogP contribution in [-0.2, 0) is 19.5 Å². The molecule has 0 amide bonds. The number of hydrogen-bond donors (Lipinski definition) is 0. The monoisotopic (exact) mass is 383 g/mol. The molecule has 0 N–H and O–H groups in total. The molecule has 0 bridgehead atoms. The predicted octanol–water partition coefficient (Wildman–Crippen LogP) is 5.56. The van der Waals surface area contributed by atoms with Crippen molar-refractivity contribution in [2.24, 2.45) is 0 Å². The van der Waals surface area contributed by atoms with Crippen molar-refractivity contribution in [1.29, 1.82) is 0 Å². The number of pyridine rings is 1. The summed E-state index contributed by atoms with van der Waals surface area (Å²) in [6, 6.07) is 23.4. The van der Waals surface area contributed by atoms with E-state index in [1.54, 1.807) is 6.20 Å². The third-order valence-corrected chi connectivity index (χ3v) is 3.94. The van der Waals surface area contributed by atoms with Gasteiger partial charge in [0.05, 0.1) is 0 Å². The van der Waals surface area contributed by atoms with E-state index >= 15 is 0 Å². The Bertz CT molecular complexity index is 975. The summed E-state index contributed by atoms with van der Waals surface area (Å²) in [5, 5.41) is 5.15. The topological polar surface area (TPSA) is 12.9 Å². The fourth-order valence-corrected chi connectivity index (χ4v) is 2.88. The van der Waals surface area contributed by atoms with E-state index in [0.717, 1.165) is 5.56 Å². The molecule has 23 heavy (non-hydrogen) atoms. The number of hydrogen-bond acceptors (Lipinski definition) is 1. The Kier molecular flexibility index (Phi) is 4.64. The van der Waals surface area contributed by atoms with Gasteiger partial charge in [0, 0.05) is 31.9 Å². The van der Waals surface area contributed by atoms with Crippen molar-refractivity contribution in [2.75, 3.05) is 0 Å². The minimum absolute atomic E-state index is 0. The van der Waals surface area contributed by atoms with E-state index in [4.69, 9.17) is 0 Å². The molecule has 4 rings (SSSR count). The minimum atomic E-state index is 0. The smallest absolute Gasteiger partial charge is 0.0340 e. The van der Waals surface area contributed by atoms with E-state index in [1.165, 1.54) is 27.1 Å². The molecule has 0 aliphatic heterocycles. The maximum Gasteiger partial charge on any atom is 0.0340 e. The van der Waals surface area contributed by atoms with Gasteiger partial charge in [0.15, 0.2) is 0 Å². The van der Waals surface area contributed by atoms with Gasteiger partial charge in [0.1, 0.15) is 0 Å². The zero-order valence-electron chi connectivity index (χ0n) is 12.5. The average Bonchev–Trinajstić information content (AvgIpc) is 2.60. The SMILES string of the molecule is C(=Cc1cc2ccccc2c2ccccc12)c1cccnc1.[Ru]. The van der Waals surface area contributed by atoms with Crippen molar-refractivity contribution in [3.8, 4) is 0 Å². The second-order valence-corrected chi connectivity index (χ2v) is 5.35.